The van der Waals surface area contributed by atoms with Crippen molar-refractivity contribution >= 4 is 15.7 Å². The highest BCUT2D eigenvalue weighted by molar-refractivity contribution is 7.91. The van der Waals surface area contributed by atoms with Gasteiger partial charge in [-0.2, -0.15) is 0 Å². The zero-order valence-corrected chi connectivity index (χ0v) is 13.1. The van der Waals surface area contributed by atoms with Crippen molar-refractivity contribution in [1.82, 2.24) is 15.5 Å². The molecule has 0 spiro atoms. The Morgan fingerprint density at radius 3 is 2.80 bits per heavy atom. The second kappa shape index (κ2) is 5.99. The first-order chi connectivity index (χ1) is 9.34. The summed E-state index contributed by atoms with van der Waals surface area (Å²) in [5.41, 5.74) is -0.589. The molecule has 2 atom stereocenters. The Labute approximate surface area is 121 Å². The quantitative estimate of drug-likeness (QED) is 0.707. The van der Waals surface area contributed by atoms with Gasteiger partial charge in [0.2, 0.25) is 5.91 Å². The highest BCUT2D eigenvalue weighted by Gasteiger charge is 2.39. The predicted octanol–water partition coefficient (Wildman–Crippen LogP) is -0.636. The molecule has 2 aliphatic heterocycles. The molecule has 7 heteroatoms. The lowest BCUT2D eigenvalue weighted by molar-refractivity contribution is -0.123. The monoisotopic (exact) mass is 303 g/mol. The van der Waals surface area contributed by atoms with Crippen LogP contribution in [0.2, 0.25) is 0 Å². The van der Waals surface area contributed by atoms with E-state index in [-0.39, 0.29) is 17.4 Å². The average molecular weight is 303 g/mol. The van der Waals surface area contributed by atoms with Gasteiger partial charge in [0, 0.05) is 12.6 Å². The third-order valence-electron chi connectivity index (χ3n) is 4.23. The number of carbonyl (C=O) groups is 1. The molecule has 116 valence electrons. The molecule has 0 saturated carbocycles. The molecule has 2 saturated heterocycles. The largest absolute Gasteiger partial charge is 0.349 e. The SMILES string of the molecule is CNCC1CCCN1CC(=O)NC1(C)CCS(=O)(=O)C1. The second-order valence-corrected chi connectivity index (χ2v) is 8.46. The van der Waals surface area contributed by atoms with Gasteiger partial charge in [0.15, 0.2) is 9.84 Å². The minimum Gasteiger partial charge on any atom is -0.349 e. The van der Waals surface area contributed by atoms with Crippen molar-refractivity contribution in [3.63, 3.8) is 0 Å². The van der Waals surface area contributed by atoms with Crippen LogP contribution >= 0.6 is 0 Å². The van der Waals surface area contributed by atoms with E-state index in [0.717, 1.165) is 25.9 Å². The van der Waals surface area contributed by atoms with Gasteiger partial charge >= 0.3 is 0 Å². The Kier molecular flexibility index (Phi) is 4.71. The van der Waals surface area contributed by atoms with Crippen molar-refractivity contribution in [3.8, 4) is 0 Å². The molecule has 2 fully saturated rings. The molecule has 0 bridgehead atoms. The molecular formula is C13H25N3O3S. The van der Waals surface area contributed by atoms with Gasteiger partial charge in [0.25, 0.3) is 0 Å². The Balaban J connectivity index is 1.86. The number of likely N-dealkylation sites (N-methyl/N-ethyl adjacent to an activating group) is 1. The molecule has 2 rings (SSSR count). The minimum absolute atomic E-state index is 0.0612. The van der Waals surface area contributed by atoms with Gasteiger partial charge in [-0.1, -0.05) is 0 Å². The summed E-state index contributed by atoms with van der Waals surface area (Å²) in [4.78, 5) is 14.3. The first-order valence-electron chi connectivity index (χ1n) is 7.24. The number of hydrogen-bond acceptors (Lipinski definition) is 5. The van der Waals surface area contributed by atoms with Crippen molar-refractivity contribution in [2.75, 3.05) is 38.2 Å². The van der Waals surface area contributed by atoms with Gasteiger partial charge < -0.3 is 10.6 Å². The van der Waals surface area contributed by atoms with E-state index in [9.17, 15) is 13.2 Å². The normalized spacial score (nSPS) is 33.4. The van der Waals surface area contributed by atoms with Crippen LogP contribution in [0.5, 0.6) is 0 Å². The van der Waals surface area contributed by atoms with Gasteiger partial charge in [-0.25, -0.2) is 8.42 Å². The third-order valence-corrected chi connectivity index (χ3v) is 6.13. The van der Waals surface area contributed by atoms with Gasteiger partial charge in [0.1, 0.15) is 0 Å². The van der Waals surface area contributed by atoms with E-state index in [1.165, 1.54) is 0 Å². The number of hydrogen-bond donors (Lipinski definition) is 2. The van der Waals surface area contributed by atoms with Gasteiger partial charge in [0.05, 0.1) is 23.6 Å². The van der Waals surface area contributed by atoms with Crippen LogP contribution in [0.3, 0.4) is 0 Å². The number of sulfone groups is 1. The number of amides is 1. The first-order valence-corrected chi connectivity index (χ1v) is 9.06. The molecule has 20 heavy (non-hydrogen) atoms. The molecule has 0 aromatic carbocycles. The lowest BCUT2D eigenvalue weighted by atomic mass is 10.0. The fraction of sp³-hybridized carbons (Fsp3) is 0.923. The number of likely N-dealkylation sites (tertiary alicyclic amines) is 1. The average Bonchev–Trinajstić information content (AvgIpc) is 2.84. The molecule has 2 unspecified atom stereocenters. The van der Waals surface area contributed by atoms with E-state index < -0.39 is 15.4 Å². The van der Waals surface area contributed by atoms with E-state index in [1.807, 2.05) is 14.0 Å². The summed E-state index contributed by atoms with van der Waals surface area (Å²) in [6.07, 6.45) is 2.74. The summed E-state index contributed by atoms with van der Waals surface area (Å²) in [5, 5.41) is 6.07. The van der Waals surface area contributed by atoms with Crippen molar-refractivity contribution in [3.05, 3.63) is 0 Å². The molecule has 2 aliphatic rings. The van der Waals surface area contributed by atoms with Crippen molar-refractivity contribution in [1.29, 1.82) is 0 Å². The summed E-state index contributed by atoms with van der Waals surface area (Å²) in [6, 6.07) is 0.408. The van der Waals surface area contributed by atoms with Gasteiger partial charge in [-0.15, -0.1) is 0 Å². The molecule has 2 N–H and O–H groups in total. The van der Waals surface area contributed by atoms with E-state index in [1.54, 1.807) is 0 Å². The Morgan fingerprint density at radius 2 is 2.20 bits per heavy atom. The lowest BCUT2D eigenvalue weighted by Crippen LogP contribution is -2.51. The van der Waals surface area contributed by atoms with Crippen LogP contribution in [-0.4, -0.2) is 69.0 Å². The maximum Gasteiger partial charge on any atom is 0.234 e. The molecular weight excluding hydrogens is 278 g/mol. The zero-order valence-electron chi connectivity index (χ0n) is 12.3. The Morgan fingerprint density at radius 1 is 1.45 bits per heavy atom. The maximum absolute atomic E-state index is 12.2. The molecule has 0 aromatic heterocycles. The summed E-state index contributed by atoms with van der Waals surface area (Å²) in [7, 11) is -1.07. The summed E-state index contributed by atoms with van der Waals surface area (Å²) in [5.74, 6) is 0.175. The lowest BCUT2D eigenvalue weighted by Gasteiger charge is -2.28. The fourth-order valence-electron chi connectivity index (χ4n) is 3.24. The highest BCUT2D eigenvalue weighted by Crippen LogP contribution is 2.23. The van der Waals surface area contributed by atoms with Crippen LogP contribution in [0.1, 0.15) is 26.2 Å². The molecule has 2 heterocycles. The van der Waals surface area contributed by atoms with Crippen LogP contribution in [-0.2, 0) is 14.6 Å². The number of carbonyl (C=O) groups excluding carboxylic acids is 1. The fourth-order valence-corrected chi connectivity index (χ4v) is 5.33. The Hall–Kier alpha value is -0.660. The van der Waals surface area contributed by atoms with Crippen molar-refractivity contribution in [2.24, 2.45) is 0 Å². The molecule has 0 aliphatic carbocycles. The summed E-state index contributed by atoms with van der Waals surface area (Å²) in [6.45, 7) is 4.01. The van der Waals surface area contributed by atoms with Crippen LogP contribution in [0.15, 0.2) is 0 Å². The minimum atomic E-state index is -2.98. The van der Waals surface area contributed by atoms with Crippen molar-refractivity contribution < 1.29 is 13.2 Å². The number of nitrogens with one attached hydrogen (secondary N) is 2. The molecule has 0 aromatic rings. The Bertz CT molecular complexity index is 465. The zero-order chi connectivity index (χ0) is 14.8. The van der Waals surface area contributed by atoms with Gasteiger partial charge in [-0.3, -0.25) is 9.69 Å². The van der Waals surface area contributed by atoms with E-state index >= 15 is 0 Å². The molecule has 0 radical (unpaired) electrons. The molecule has 1 amide bonds. The third kappa shape index (κ3) is 3.93. The van der Waals surface area contributed by atoms with Crippen LogP contribution < -0.4 is 10.6 Å². The van der Waals surface area contributed by atoms with Crippen LogP contribution in [0.4, 0.5) is 0 Å². The highest BCUT2D eigenvalue weighted by atomic mass is 32.2. The van der Waals surface area contributed by atoms with Crippen LogP contribution in [0, 0.1) is 0 Å². The predicted molar refractivity (Wildman–Crippen MR) is 78.3 cm³/mol. The summed E-state index contributed by atoms with van der Waals surface area (Å²) < 4.78 is 23.1. The van der Waals surface area contributed by atoms with E-state index in [2.05, 4.69) is 15.5 Å². The van der Waals surface area contributed by atoms with Gasteiger partial charge in [-0.05, 0) is 39.8 Å². The maximum atomic E-state index is 12.2. The first kappa shape index (κ1) is 15.7. The van der Waals surface area contributed by atoms with Crippen LogP contribution in [0.25, 0.3) is 0 Å². The smallest absolute Gasteiger partial charge is 0.234 e. The second-order valence-electron chi connectivity index (χ2n) is 6.28. The topological polar surface area (TPSA) is 78.5 Å². The molecule has 6 nitrogen and oxygen atoms in total. The summed E-state index contributed by atoms with van der Waals surface area (Å²) >= 11 is 0. The number of nitrogens with zero attached hydrogens (tertiary/aromatic N) is 1. The standard InChI is InChI=1S/C13H25N3O3S/c1-13(5-7-20(18,19)10-13)15-12(17)9-16-6-3-4-11(16)8-14-2/h11,14H,3-10H2,1-2H3,(H,15,17). The number of rotatable bonds is 5. The van der Waals surface area contributed by atoms with E-state index in [4.69, 9.17) is 0 Å². The van der Waals surface area contributed by atoms with Crippen molar-refractivity contribution in [2.45, 2.75) is 37.8 Å². The van der Waals surface area contributed by atoms with E-state index in [0.29, 0.717) is 19.0 Å².